The number of hydrogen-bond acceptors (Lipinski definition) is 3. The highest BCUT2D eigenvalue weighted by atomic mass is 79.9. The second kappa shape index (κ2) is 9.76. The smallest absolute Gasteiger partial charge is 0.243 e. The second-order valence-corrected chi connectivity index (χ2v) is 5.60. The topological polar surface area (TPSA) is 70.2 Å². The zero-order valence-corrected chi connectivity index (χ0v) is 14.7. The summed E-state index contributed by atoms with van der Waals surface area (Å²) in [6.45, 7) is 4.28. The molecule has 2 amide bonds. The molecule has 0 heterocycles. The Labute approximate surface area is 139 Å². The van der Waals surface area contributed by atoms with Gasteiger partial charge < -0.3 is 16.0 Å². The quantitative estimate of drug-likeness (QED) is 0.710. The summed E-state index contributed by atoms with van der Waals surface area (Å²) in [6.07, 6.45) is 0. The van der Waals surface area contributed by atoms with E-state index in [2.05, 4.69) is 31.9 Å². The van der Waals surface area contributed by atoms with Gasteiger partial charge in [0.25, 0.3) is 0 Å². The van der Waals surface area contributed by atoms with Gasteiger partial charge in [-0.2, -0.15) is 0 Å². The molecule has 0 saturated heterocycles. The lowest BCUT2D eigenvalue weighted by Crippen LogP contribution is -2.38. The lowest BCUT2D eigenvalue weighted by Gasteiger charge is -2.12. The first-order valence-electron chi connectivity index (χ1n) is 6.42. The van der Waals surface area contributed by atoms with Crippen molar-refractivity contribution >= 4 is 45.8 Å². The fourth-order valence-corrected chi connectivity index (χ4v) is 2.18. The Hall–Kier alpha value is -1.11. The summed E-state index contributed by atoms with van der Waals surface area (Å²) < 4.78 is 0.960. The van der Waals surface area contributed by atoms with Crippen molar-refractivity contribution in [3.05, 3.63) is 28.2 Å². The van der Waals surface area contributed by atoms with Crippen LogP contribution < -0.4 is 16.0 Å². The molecule has 0 spiro atoms. The van der Waals surface area contributed by atoms with E-state index in [9.17, 15) is 9.59 Å². The fraction of sp³-hybridized carbons (Fsp3) is 0.429. The number of carbonyl (C=O) groups excluding carboxylic acids is 2. The number of amides is 2. The molecule has 0 saturated carbocycles. The van der Waals surface area contributed by atoms with Gasteiger partial charge in [-0.15, -0.1) is 12.4 Å². The van der Waals surface area contributed by atoms with Crippen LogP contribution in [0.2, 0.25) is 0 Å². The number of benzene rings is 1. The van der Waals surface area contributed by atoms with E-state index >= 15 is 0 Å². The molecule has 1 aromatic carbocycles. The molecule has 0 aliphatic rings. The number of carbonyl (C=O) groups is 2. The van der Waals surface area contributed by atoms with E-state index in [-0.39, 0.29) is 36.7 Å². The number of rotatable bonds is 6. The van der Waals surface area contributed by atoms with Crippen LogP contribution in [0.4, 0.5) is 5.69 Å². The van der Waals surface area contributed by atoms with Crippen LogP contribution in [-0.4, -0.2) is 32.0 Å². The van der Waals surface area contributed by atoms with Crippen LogP contribution in [-0.2, 0) is 9.59 Å². The van der Waals surface area contributed by atoms with E-state index in [1.807, 2.05) is 32.0 Å². The molecule has 0 radical (unpaired) electrons. The van der Waals surface area contributed by atoms with Gasteiger partial charge >= 0.3 is 0 Å². The van der Waals surface area contributed by atoms with Crippen molar-refractivity contribution in [2.45, 2.75) is 13.8 Å². The van der Waals surface area contributed by atoms with Crippen LogP contribution in [0.1, 0.15) is 12.5 Å². The standard InChI is InChI=1S/C14H20BrN3O2.ClH/c1-9-6-11(15)4-5-12(9)18-13(19)8-17-14(20)10(2)7-16-3;/h4-6,10,16H,7-8H2,1-3H3,(H,17,20)(H,18,19);1H. The Bertz CT molecular complexity index is 497. The third-order valence-electron chi connectivity index (χ3n) is 2.84. The molecule has 3 N–H and O–H groups in total. The zero-order valence-electron chi connectivity index (χ0n) is 12.3. The predicted octanol–water partition coefficient (Wildman–Crippen LogP) is 2.09. The van der Waals surface area contributed by atoms with Crippen molar-refractivity contribution < 1.29 is 9.59 Å². The average Bonchev–Trinajstić information content (AvgIpc) is 2.39. The molecule has 1 rings (SSSR count). The lowest BCUT2D eigenvalue weighted by atomic mass is 10.1. The van der Waals surface area contributed by atoms with Gasteiger partial charge in [-0.1, -0.05) is 22.9 Å². The molecule has 7 heteroatoms. The van der Waals surface area contributed by atoms with Crippen LogP contribution in [0.5, 0.6) is 0 Å². The third kappa shape index (κ3) is 6.93. The van der Waals surface area contributed by atoms with E-state index in [0.29, 0.717) is 6.54 Å². The van der Waals surface area contributed by atoms with E-state index in [0.717, 1.165) is 15.7 Å². The number of hydrogen-bond donors (Lipinski definition) is 3. The van der Waals surface area contributed by atoms with Crippen LogP contribution >= 0.6 is 28.3 Å². The summed E-state index contributed by atoms with van der Waals surface area (Å²) >= 11 is 3.37. The predicted molar refractivity (Wildman–Crippen MR) is 90.9 cm³/mol. The molecule has 0 aliphatic carbocycles. The second-order valence-electron chi connectivity index (χ2n) is 4.68. The average molecular weight is 379 g/mol. The Morgan fingerprint density at radius 3 is 2.57 bits per heavy atom. The first-order chi connectivity index (χ1) is 9.43. The number of aryl methyl sites for hydroxylation is 1. The van der Waals surface area contributed by atoms with Gasteiger partial charge in [0.2, 0.25) is 11.8 Å². The maximum Gasteiger partial charge on any atom is 0.243 e. The van der Waals surface area contributed by atoms with Crippen LogP contribution in [0, 0.1) is 12.8 Å². The van der Waals surface area contributed by atoms with E-state index in [4.69, 9.17) is 0 Å². The van der Waals surface area contributed by atoms with Gasteiger partial charge in [0, 0.05) is 22.6 Å². The highest BCUT2D eigenvalue weighted by molar-refractivity contribution is 9.10. The first kappa shape index (κ1) is 19.9. The van der Waals surface area contributed by atoms with Crippen molar-refractivity contribution in [1.82, 2.24) is 10.6 Å². The van der Waals surface area contributed by atoms with Crippen molar-refractivity contribution in [1.29, 1.82) is 0 Å². The van der Waals surface area contributed by atoms with Gasteiger partial charge in [-0.3, -0.25) is 9.59 Å². The van der Waals surface area contributed by atoms with Crippen LogP contribution in [0.25, 0.3) is 0 Å². The Morgan fingerprint density at radius 1 is 1.33 bits per heavy atom. The number of anilines is 1. The normalized spacial score (nSPS) is 11.2. The first-order valence-corrected chi connectivity index (χ1v) is 7.21. The van der Waals surface area contributed by atoms with Gasteiger partial charge in [0.1, 0.15) is 0 Å². The molecule has 1 atom stereocenters. The van der Waals surface area contributed by atoms with E-state index in [1.54, 1.807) is 7.05 Å². The fourth-order valence-electron chi connectivity index (χ4n) is 1.70. The molecule has 0 aliphatic heterocycles. The molecule has 0 fully saturated rings. The molecule has 1 unspecified atom stereocenters. The monoisotopic (exact) mass is 377 g/mol. The maximum absolute atomic E-state index is 11.8. The van der Waals surface area contributed by atoms with Crippen molar-refractivity contribution in [2.75, 3.05) is 25.5 Å². The third-order valence-corrected chi connectivity index (χ3v) is 3.34. The summed E-state index contributed by atoms with van der Waals surface area (Å²) in [5.41, 5.74) is 1.71. The molecule has 21 heavy (non-hydrogen) atoms. The highest BCUT2D eigenvalue weighted by Gasteiger charge is 2.13. The minimum Gasteiger partial charge on any atom is -0.347 e. The van der Waals surface area contributed by atoms with Gasteiger partial charge in [0.05, 0.1) is 6.54 Å². The molecule has 5 nitrogen and oxygen atoms in total. The van der Waals surface area contributed by atoms with Gasteiger partial charge in [-0.25, -0.2) is 0 Å². The van der Waals surface area contributed by atoms with Crippen LogP contribution in [0.3, 0.4) is 0 Å². The van der Waals surface area contributed by atoms with Gasteiger partial charge in [0.15, 0.2) is 0 Å². The van der Waals surface area contributed by atoms with Crippen molar-refractivity contribution in [2.24, 2.45) is 5.92 Å². The Kier molecular flexibility index (Phi) is 9.24. The van der Waals surface area contributed by atoms with Crippen LogP contribution in [0.15, 0.2) is 22.7 Å². The molecular weight excluding hydrogens is 358 g/mol. The molecule has 1 aromatic rings. The minimum absolute atomic E-state index is 0. The largest absolute Gasteiger partial charge is 0.347 e. The molecular formula is C14H21BrClN3O2. The lowest BCUT2D eigenvalue weighted by molar-refractivity contribution is -0.126. The van der Waals surface area contributed by atoms with Gasteiger partial charge in [-0.05, 0) is 37.7 Å². The summed E-state index contributed by atoms with van der Waals surface area (Å²) in [5, 5.41) is 8.31. The Morgan fingerprint density at radius 2 is 2.00 bits per heavy atom. The summed E-state index contributed by atoms with van der Waals surface area (Å²) in [7, 11) is 1.78. The van der Waals surface area contributed by atoms with Crippen molar-refractivity contribution in [3.63, 3.8) is 0 Å². The maximum atomic E-state index is 11.8. The Balaban J connectivity index is 0.00000400. The molecule has 118 valence electrons. The van der Waals surface area contributed by atoms with E-state index < -0.39 is 0 Å². The molecule has 0 bridgehead atoms. The van der Waals surface area contributed by atoms with Crippen molar-refractivity contribution in [3.8, 4) is 0 Å². The summed E-state index contributed by atoms with van der Waals surface area (Å²) in [5.74, 6) is -0.537. The highest BCUT2D eigenvalue weighted by Crippen LogP contribution is 2.19. The summed E-state index contributed by atoms with van der Waals surface area (Å²) in [6, 6.07) is 5.60. The van der Waals surface area contributed by atoms with E-state index in [1.165, 1.54) is 0 Å². The zero-order chi connectivity index (χ0) is 15.1. The molecule has 0 aromatic heterocycles. The summed E-state index contributed by atoms with van der Waals surface area (Å²) in [4.78, 5) is 23.4. The SMILES string of the molecule is CNCC(C)C(=O)NCC(=O)Nc1ccc(Br)cc1C.Cl. The number of halogens is 2. The number of nitrogens with one attached hydrogen (secondary N) is 3. The minimum atomic E-state index is -0.236.